The predicted octanol–water partition coefficient (Wildman–Crippen LogP) is 2.28. The number of ether oxygens (including phenoxy) is 2. The maximum absolute atomic E-state index is 14.0. The Labute approximate surface area is 254 Å². The Kier molecular flexibility index (Phi) is 12.9. The van der Waals surface area contributed by atoms with Crippen LogP contribution in [0.4, 0.5) is 13.2 Å². The minimum atomic E-state index is -1.33. The van der Waals surface area contributed by atoms with E-state index in [9.17, 15) is 32.3 Å². The molecule has 2 aromatic rings. The van der Waals surface area contributed by atoms with Crippen molar-refractivity contribution in [2.45, 2.75) is 69.7 Å². The molecule has 0 aromatic heterocycles. The van der Waals surface area contributed by atoms with E-state index in [1.807, 2.05) is 13.0 Å². The number of likely N-dealkylation sites (tertiary alicyclic amines) is 1. The fraction of sp³-hybridized carbons (Fsp3) is 0.484. The Morgan fingerprint density at radius 3 is 2.39 bits per heavy atom. The van der Waals surface area contributed by atoms with Crippen LogP contribution in [0.3, 0.4) is 0 Å². The molecule has 1 aliphatic heterocycles. The molecule has 13 heteroatoms. The summed E-state index contributed by atoms with van der Waals surface area (Å²) in [4.78, 5) is 53.0. The monoisotopic (exact) mass is 620 g/mol. The normalized spacial score (nSPS) is 18.4. The van der Waals surface area contributed by atoms with Crippen molar-refractivity contribution >= 4 is 23.6 Å². The van der Waals surface area contributed by atoms with Crippen molar-refractivity contribution in [1.82, 2.24) is 15.5 Å². The van der Waals surface area contributed by atoms with Gasteiger partial charge in [0.25, 0.3) is 0 Å². The third-order valence-electron chi connectivity index (χ3n) is 7.35. The summed E-state index contributed by atoms with van der Waals surface area (Å²) in [5.74, 6) is -5.25. The number of nitrogens with one attached hydrogen (secondary N) is 2. The molecular formula is C31H39F3N4O6. The summed E-state index contributed by atoms with van der Waals surface area (Å²) in [6.45, 7) is 4.03. The summed E-state index contributed by atoms with van der Waals surface area (Å²) in [7, 11) is 1.20. The van der Waals surface area contributed by atoms with Crippen molar-refractivity contribution in [3.8, 4) is 0 Å². The van der Waals surface area contributed by atoms with Crippen LogP contribution in [0.2, 0.25) is 0 Å². The second-order valence-electron chi connectivity index (χ2n) is 10.8. The van der Waals surface area contributed by atoms with E-state index in [-0.39, 0.29) is 50.2 Å². The molecule has 0 aliphatic carbocycles. The number of rotatable bonds is 15. The molecule has 1 aliphatic rings. The fourth-order valence-electron chi connectivity index (χ4n) is 5.21. The molecule has 1 saturated heterocycles. The van der Waals surface area contributed by atoms with E-state index in [1.54, 1.807) is 31.2 Å². The van der Waals surface area contributed by atoms with E-state index in [1.165, 1.54) is 12.0 Å². The topological polar surface area (TPSA) is 140 Å². The molecule has 3 rings (SSSR count). The summed E-state index contributed by atoms with van der Waals surface area (Å²) >= 11 is 0. The van der Waals surface area contributed by atoms with Gasteiger partial charge in [0.15, 0.2) is 17.4 Å². The van der Waals surface area contributed by atoms with Crippen LogP contribution in [0.1, 0.15) is 49.0 Å². The van der Waals surface area contributed by atoms with Gasteiger partial charge >= 0.3 is 5.97 Å². The van der Waals surface area contributed by atoms with Crippen LogP contribution in [0.25, 0.3) is 0 Å². The molecule has 2 amide bonds. The molecule has 240 valence electrons. The first-order valence-corrected chi connectivity index (χ1v) is 14.4. The first kappa shape index (κ1) is 34.7. The lowest BCUT2D eigenvalue weighted by atomic mass is 10.0. The van der Waals surface area contributed by atoms with Gasteiger partial charge in [-0.25, -0.2) is 18.0 Å². The maximum Gasteiger partial charge on any atom is 0.328 e. The van der Waals surface area contributed by atoms with E-state index in [4.69, 9.17) is 15.2 Å². The lowest BCUT2D eigenvalue weighted by Crippen LogP contribution is -2.53. The largest absolute Gasteiger partial charge is 0.467 e. The summed E-state index contributed by atoms with van der Waals surface area (Å²) in [5, 5.41) is 5.89. The number of nitrogens with two attached hydrogens (primary N) is 1. The minimum Gasteiger partial charge on any atom is -0.467 e. The number of carbonyl (C=O) groups is 4. The number of methoxy groups -OCH3 is 1. The fourth-order valence-corrected chi connectivity index (χ4v) is 5.21. The highest BCUT2D eigenvalue weighted by molar-refractivity contribution is 5.96. The van der Waals surface area contributed by atoms with Crippen molar-refractivity contribution in [2.24, 2.45) is 5.73 Å². The van der Waals surface area contributed by atoms with Crippen molar-refractivity contribution in [3.63, 3.8) is 0 Å². The Balaban J connectivity index is 1.62. The Bertz CT molecular complexity index is 1310. The Morgan fingerprint density at radius 2 is 1.73 bits per heavy atom. The van der Waals surface area contributed by atoms with Gasteiger partial charge < -0.3 is 30.7 Å². The molecule has 1 unspecified atom stereocenters. The number of Topliss-reactive ketones (excluding diaryl/α,β-unsaturated/α-hetero) is 1. The van der Waals surface area contributed by atoms with Crippen LogP contribution in [-0.2, 0) is 30.3 Å². The first-order chi connectivity index (χ1) is 20.9. The highest BCUT2D eigenvalue weighted by Gasteiger charge is 2.42. The maximum atomic E-state index is 14.0. The predicted molar refractivity (Wildman–Crippen MR) is 155 cm³/mol. The van der Waals surface area contributed by atoms with Crippen molar-refractivity contribution in [3.05, 3.63) is 71.0 Å². The molecule has 1 fully saturated rings. The molecule has 44 heavy (non-hydrogen) atoms. The first-order valence-electron chi connectivity index (χ1n) is 14.4. The van der Waals surface area contributed by atoms with Gasteiger partial charge in [0.1, 0.15) is 11.9 Å². The highest BCUT2D eigenvalue weighted by Crippen LogP contribution is 2.22. The highest BCUT2D eigenvalue weighted by atomic mass is 19.2. The van der Waals surface area contributed by atoms with E-state index in [2.05, 4.69) is 10.6 Å². The zero-order chi connectivity index (χ0) is 32.4. The lowest BCUT2D eigenvalue weighted by Gasteiger charge is -2.28. The van der Waals surface area contributed by atoms with Crippen molar-refractivity contribution < 1.29 is 41.8 Å². The number of benzene rings is 2. The second kappa shape index (κ2) is 16.3. The van der Waals surface area contributed by atoms with Gasteiger partial charge in [0.2, 0.25) is 11.8 Å². The molecule has 2 aromatic carbocycles. The third-order valence-corrected chi connectivity index (χ3v) is 7.35. The van der Waals surface area contributed by atoms with Gasteiger partial charge in [-0.05, 0) is 31.9 Å². The van der Waals surface area contributed by atoms with Gasteiger partial charge in [-0.15, -0.1) is 0 Å². The third kappa shape index (κ3) is 9.60. The Hall–Kier alpha value is -3.81. The number of esters is 1. The minimum absolute atomic E-state index is 0.00245. The summed E-state index contributed by atoms with van der Waals surface area (Å²) in [6, 6.07) is 6.09. The quantitative estimate of drug-likeness (QED) is 0.157. The zero-order valence-corrected chi connectivity index (χ0v) is 25.0. The molecule has 1 heterocycles. The van der Waals surface area contributed by atoms with Gasteiger partial charge in [-0.2, -0.15) is 0 Å². The number of hydrogen-bond acceptors (Lipinski definition) is 8. The SMILES string of the molecule is CCOCC(CC(=O)c1ccccc1)N[C@@H](C)C(=O)N1C[C@@H](NC(=O)C[C@H](N)Cc2cc(F)c(F)cc2F)C[C@H]1C(=O)OC. The second-order valence-corrected chi connectivity index (χ2v) is 10.8. The summed E-state index contributed by atoms with van der Waals surface area (Å²) < 4.78 is 51.2. The lowest BCUT2D eigenvalue weighted by molar-refractivity contribution is -0.151. The molecule has 5 atom stereocenters. The van der Waals surface area contributed by atoms with Crippen LogP contribution in [-0.4, -0.2) is 85.5 Å². The van der Waals surface area contributed by atoms with E-state index in [0.29, 0.717) is 24.3 Å². The molecular weight excluding hydrogens is 581 g/mol. The smallest absolute Gasteiger partial charge is 0.328 e. The van der Waals surface area contributed by atoms with Crippen LogP contribution < -0.4 is 16.4 Å². The van der Waals surface area contributed by atoms with Crippen LogP contribution >= 0.6 is 0 Å². The summed E-state index contributed by atoms with van der Waals surface area (Å²) in [5.41, 5.74) is 6.35. The number of amides is 2. The number of nitrogens with zero attached hydrogens (tertiary/aromatic N) is 1. The standard InChI is InChI=1S/C31H39F3N4O6/c1-4-44-17-23(14-28(39)19-8-6-5-7-9-19)36-18(2)30(41)38-16-22(13-27(38)31(42)43-3)37-29(40)12-21(35)10-20-11-25(33)26(34)15-24(20)32/h5-9,11,15,18,21-23,27,36H,4,10,12-14,16-17,35H2,1-3H3,(H,37,40)/t18-,21+,22-,23?,27-/m0/s1. The van der Waals surface area contributed by atoms with Gasteiger partial charge in [-0.3, -0.25) is 14.4 Å². The van der Waals surface area contributed by atoms with Crippen LogP contribution in [0, 0.1) is 17.5 Å². The molecule has 0 bridgehead atoms. The van der Waals surface area contributed by atoms with E-state index < -0.39 is 65.4 Å². The van der Waals surface area contributed by atoms with Gasteiger partial charge in [-0.1, -0.05) is 30.3 Å². The van der Waals surface area contributed by atoms with Gasteiger partial charge in [0.05, 0.1) is 19.8 Å². The van der Waals surface area contributed by atoms with Crippen molar-refractivity contribution in [2.75, 3.05) is 26.9 Å². The summed E-state index contributed by atoms with van der Waals surface area (Å²) in [6.07, 6.45) is -0.318. The number of ketones is 1. The Morgan fingerprint density at radius 1 is 1.05 bits per heavy atom. The van der Waals surface area contributed by atoms with Crippen LogP contribution in [0.5, 0.6) is 0 Å². The molecule has 10 nitrogen and oxygen atoms in total. The number of hydrogen-bond donors (Lipinski definition) is 3. The number of carbonyl (C=O) groups excluding carboxylic acids is 4. The average Bonchev–Trinajstić information content (AvgIpc) is 3.41. The van der Waals surface area contributed by atoms with Gasteiger partial charge in [0, 0.05) is 62.2 Å². The molecule has 4 N–H and O–H groups in total. The molecule has 0 spiro atoms. The van der Waals surface area contributed by atoms with Crippen LogP contribution in [0.15, 0.2) is 42.5 Å². The average molecular weight is 621 g/mol. The van der Waals surface area contributed by atoms with E-state index in [0.717, 1.165) is 0 Å². The molecule has 0 radical (unpaired) electrons. The zero-order valence-electron chi connectivity index (χ0n) is 25.0. The van der Waals surface area contributed by atoms with Crippen molar-refractivity contribution in [1.29, 1.82) is 0 Å². The number of halogens is 3. The molecule has 0 saturated carbocycles. The van der Waals surface area contributed by atoms with E-state index >= 15 is 0 Å².